The molecule has 78 valence electrons. The molecule has 1 N–H and O–H groups in total. The van der Waals surface area contributed by atoms with Crippen LogP contribution < -0.4 is 10.4 Å². The predicted molar refractivity (Wildman–Crippen MR) is 55.3 cm³/mol. The van der Waals surface area contributed by atoms with E-state index in [1.165, 1.54) is 0 Å². The van der Waals surface area contributed by atoms with Crippen LogP contribution in [0.25, 0.3) is 11.0 Å². The number of benzene rings is 1. The second-order valence-electron chi connectivity index (χ2n) is 3.00. The predicted octanol–water partition coefficient (Wildman–Crippen LogP) is 1.90. The molecular formula is C11H10O4. The van der Waals surface area contributed by atoms with Gasteiger partial charge in [-0.05, 0) is 19.1 Å². The van der Waals surface area contributed by atoms with Gasteiger partial charge >= 0.3 is 5.63 Å². The highest BCUT2D eigenvalue weighted by Gasteiger charge is 2.13. The van der Waals surface area contributed by atoms with Gasteiger partial charge < -0.3 is 14.3 Å². The minimum atomic E-state index is -0.659. The Morgan fingerprint density at radius 3 is 2.87 bits per heavy atom. The summed E-state index contributed by atoms with van der Waals surface area (Å²) in [5, 5.41) is 10.2. The molecule has 0 aliphatic carbocycles. The smallest absolute Gasteiger partial charge is 0.383 e. The van der Waals surface area contributed by atoms with Crippen molar-refractivity contribution in [2.45, 2.75) is 6.92 Å². The van der Waals surface area contributed by atoms with Gasteiger partial charge in [-0.15, -0.1) is 0 Å². The summed E-state index contributed by atoms with van der Waals surface area (Å²) in [7, 11) is 0. The molecule has 0 saturated carbocycles. The molecule has 0 radical (unpaired) electrons. The first-order chi connectivity index (χ1) is 7.24. The molecule has 0 unspecified atom stereocenters. The molecule has 0 spiro atoms. The molecule has 0 aliphatic rings. The van der Waals surface area contributed by atoms with E-state index in [4.69, 9.17) is 9.15 Å². The molecule has 0 fully saturated rings. The van der Waals surface area contributed by atoms with Crippen LogP contribution in [-0.4, -0.2) is 11.7 Å². The van der Waals surface area contributed by atoms with E-state index < -0.39 is 5.63 Å². The van der Waals surface area contributed by atoms with E-state index in [1.807, 2.05) is 0 Å². The Balaban J connectivity index is 2.78. The molecule has 0 bridgehead atoms. The van der Waals surface area contributed by atoms with Crippen LogP contribution in [-0.2, 0) is 0 Å². The van der Waals surface area contributed by atoms with Crippen molar-refractivity contribution in [3.8, 4) is 11.5 Å². The summed E-state index contributed by atoms with van der Waals surface area (Å²) in [6.07, 6.45) is 0. The highest BCUT2D eigenvalue weighted by Crippen LogP contribution is 2.30. The van der Waals surface area contributed by atoms with Crippen LogP contribution in [0.15, 0.2) is 33.5 Å². The Labute approximate surface area is 85.7 Å². The first-order valence-corrected chi connectivity index (χ1v) is 4.61. The van der Waals surface area contributed by atoms with Crippen molar-refractivity contribution in [1.29, 1.82) is 0 Å². The molecule has 2 rings (SSSR count). The Bertz CT molecular complexity index is 542. The van der Waals surface area contributed by atoms with Gasteiger partial charge in [-0.2, -0.15) is 0 Å². The van der Waals surface area contributed by atoms with E-state index in [-0.39, 0.29) is 11.5 Å². The van der Waals surface area contributed by atoms with Crippen molar-refractivity contribution >= 4 is 11.0 Å². The molecule has 4 nitrogen and oxygen atoms in total. The summed E-state index contributed by atoms with van der Waals surface area (Å²) in [6, 6.07) is 6.76. The highest BCUT2D eigenvalue weighted by atomic mass is 16.5. The molecule has 1 aromatic carbocycles. The number of aromatic hydroxyl groups is 1. The number of para-hydroxylation sites is 1. The monoisotopic (exact) mass is 206 g/mol. The zero-order valence-electron chi connectivity index (χ0n) is 8.19. The summed E-state index contributed by atoms with van der Waals surface area (Å²) in [5.41, 5.74) is -0.309. The molecule has 2 aromatic rings. The fourth-order valence-electron chi connectivity index (χ4n) is 1.39. The van der Waals surface area contributed by atoms with Gasteiger partial charge in [-0.25, -0.2) is 4.79 Å². The topological polar surface area (TPSA) is 59.7 Å². The van der Waals surface area contributed by atoms with Crippen molar-refractivity contribution in [3.05, 3.63) is 34.7 Å². The Morgan fingerprint density at radius 1 is 1.40 bits per heavy atom. The number of rotatable bonds is 2. The molecule has 0 atom stereocenters. The lowest BCUT2D eigenvalue weighted by atomic mass is 10.2. The molecule has 1 heterocycles. The van der Waals surface area contributed by atoms with Crippen LogP contribution >= 0.6 is 0 Å². The zero-order valence-corrected chi connectivity index (χ0v) is 8.19. The number of hydrogen-bond donors (Lipinski definition) is 1. The second-order valence-corrected chi connectivity index (χ2v) is 3.00. The SMILES string of the molecule is CCOc1c(O)c2ccccc2oc1=O. The van der Waals surface area contributed by atoms with Crippen molar-refractivity contribution < 1.29 is 14.3 Å². The first kappa shape index (κ1) is 9.58. The van der Waals surface area contributed by atoms with E-state index >= 15 is 0 Å². The van der Waals surface area contributed by atoms with Gasteiger partial charge in [0, 0.05) is 0 Å². The van der Waals surface area contributed by atoms with Crippen LogP contribution in [0.4, 0.5) is 0 Å². The quantitative estimate of drug-likeness (QED) is 0.762. The Kier molecular flexibility index (Phi) is 2.33. The van der Waals surface area contributed by atoms with E-state index in [0.717, 1.165) is 0 Å². The maximum Gasteiger partial charge on any atom is 0.383 e. The molecule has 0 saturated heterocycles. The zero-order chi connectivity index (χ0) is 10.8. The van der Waals surface area contributed by atoms with Crippen molar-refractivity contribution in [3.63, 3.8) is 0 Å². The molecular weight excluding hydrogens is 196 g/mol. The maximum absolute atomic E-state index is 11.4. The number of fused-ring (bicyclic) bond motifs is 1. The molecule has 15 heavy (non-hydrogen) atoms. The van der Waals surface area contributed by atoms with Crippen LogP contribution in [0.3, 0.4) is 0 Å². The van der Waals surface area contributed by atoms with Gasteiger partial charge in [-0.3, -0.25) is 0 Å². The van der Waals surface area contributed by atoms with Crippen LogP contribution in [0.1, 0.15) is 6.92 Å². The fraction of sp³-hybridized carbons (Fsp3) is 0.182. The Hall–Kier alpha value is -1.97. The van der Waals surface area contributed by atoms with Crippen molar-refractivity contribution in [2.75, 3.05) is 6.61 Å². The third-order valence-corrected chi connectivity index (χ3v) is 2.03. The normalized spacial score (nSPS) is 10.5. The van der Waals surface area contributed by atoms with Crippen molar-refractivity contribution in [1.82, 2.24) is 0 Å². The van der Waals surface area contributed by atoms with Gasteiger partial charge in [0.1, 0.15) is 5.58 Å². The molecule has 0 aliphatic heterocycles. The minimum absolute atomic E-state index is 0.129. The van der Waals surface area contributed by atoms with Crippen molar-refractivity contribution in [2.24, 2.45) is 0 Å². The maximum atomic E-state index is 11.4. The lowest BCUT2D eigenvalue weighted by molar-refractivity contribution is 0.301. The van der Waals surface area contributed by atoms with Crippen LogP contribution in [0, 0.1) is 0 Å². The van der Waals surface area contributed by atoms with Gasteiger partial charge in [0.25, 0.3) is 0 Å². The van der Waals surface area contributed by atoms with E-state index in [1.54, 1.807) is 31.2 Å². The van der Waals surface area contributed by atoms with E-state index in [0.29, 0.717) is 17.6 Å². The molecule has 0 amide bonds. The fourth-order valence-corrected chi connectivity index (χ4v) is 1.39. The third-order valence-electron chi connectivity index (χ3n) is 2.03. The highest BCUT2D eigenvalue weighted by molar-refractivity contribution is 5.84. The summed E-state index contributed by atoms with van der Waals surface area (Å²) >= 11 is 0. The van der Waals surface area contributed by atoms with Gasteiger partial charge in [0.15, 0.2) is 5.75 Å². The molecule has 1 aromatic heterocycles. The lowest BCUT2D eigenvalue weighted by Crippen LogP contribution is -2.06. The second kappa shape index (κ2) is 3.65. The van der Waals surface area contributed by atoms with Crippen LogP contribution in [0.5, 0.6) is 11.5 Å². The summed E-state index contributed by atoms with van der Waals surface area (Å²) in [5.74, 6) is -0.292. The first-order valence-electron chi connectivity index (χ1n) is 4.61. The standard InChI is InChI=1S/C11H10O4/c1-2-14-10-9(12)7-5-3-4-6-8(7)15-11(10)13/h3-6,12H,2H2,1H3. The summed E-state index contributed by atoms with van der Waals surface area (Å²) < 4.78 is 10.0. The Morgan fingerprint density at radius 2 is 2.13 bits per heavy atom. The van der Waals surface area contributed by atoms with E-state index in [2.05, 4.69) is 0 Å². The minimum Gasteiger partial charge on any atom is -0.504 e. The van der Waals surface area contributed by atoms with E-state index in [9.17, 15) is 9.90 Å². The largest absolute Gasteiger partial charge is 0.504 e. The number of ether oxygens (including phenoxy) is 1. The van der Waals surface area contributed by atoms with Gasteiger partial charge in [-0.1, -0.05) is 12.1 Å². The molecule has 4 heteroatoms. The van der Waals surface area contributed by atoms with Crippen LogP contribution in [0.2, 0.25) is 0 Å². The average Bonchev–Trinajstić information content (AvgIpc) is 2.24. The third kappa shape index (κ3) is 1.54. The summed E-state index contributed by atoms with van der Waals surface area (Å²) in [4.78, 5) is 11.4. The lowest BCUT2D eigenvalue weighted by Gasteiger charge is -2.05. The summed E-state index contributed by atoms with van der Waals surface area (Å²) in [6.45, 7) is 2.03. The van der Waals surface area contributed by atoms with Gasteiger partial charge in [0.2, 0.25) is 5.75 Å². The van der Waals surface area contributed by atoms with Gasteiger partial charge in [0.05, 0.1) is 12.0 Å². The average molecular weight is 206 g/mol. The number of hydrogen-bond acceptors (Lipinski definition) is 4.